The van der Waals surface area contributed by atoms with Gasteiger partial charge in [0.15, 0.2) is 0 Å². The molecule has 0 aliphatic rings. The van der Waals surface area contributed by atoms with Crippen LogP contribution in [0, 0.1) is 6.92 Å². The van der Waals surface area contributed by atoms with Crippen molar-refractivity contribution in [1.82, 2.24) is 5.32 Å². The Morgan fingerprint density at radius 3 is 3.06 bits per heavy atom. The van der Waals surface area contributed by atoms with Crippen LogP contribution in [0.2, 0.25) is 0 Å². The lowest BCUT2D eigenvalue weighted by atomic mass is 10.1. The van der Waals surface area contributed by atoms with Gasteiger partial charge in [0.05, 0.1) is 0 Å². The molecular weight excluding hydrogens is 218 g/mol. The summed E-state index contributed by atoms with van der Waals surface area (Å²) in [5.74, 6) is 2.48. The molecule has 1 rings (SSSR count). The third-order valence-corrected chi connectivity index (χ3v) is 3.26. The second kappa shape index (κ2) is 7.36. The highest BCUT2D eigenvalue weighted by atomic mass is 32.2. The van der Waals surface area contributed by atoms with E-state index in [4.69, 9.17) is 0 Å². The summed E-state index contributed by atoms with van der Waals surface area (Å²) in [7, 11) is 0. The maximum Gasteiger partial charge on any atom is 0.122 e. The van der Waals surface area contributed by atoms with E-state index in [9.17, 15) is 5.11 Å². The van der Waals surface area contributed by atoms with Gasteiger partial charge in [-0.1, -0.05) is 24.3 Å². The molecule has 0 amide bonds. The van der Waals surface area contributed by atoms with Crippen LogP contribution in [0.15, 0.2) is 30.9 Å². The SMILES string of the molecule is C=CCSCCNCc1cccc(C)c1O. The molecule has 0 saturated heterocycles. The maximum absolute atomic E-state index is 9.78. The van der Waals surface area contributed by atoms with Crippen LogP contribution in [0.5, 0.6) is 5.75 Å². The fourth-order valence-electron chi connectivity index (χ4n) is 1.40. The molecule has 0 heterocycles. The van der Waals surface area contributed by atoms with Crippen LogP contribution in [0.4, 0.5) is 0 Å². The molecule has 0 unspecified atom stereocenters. The number of phenols is 1. The van der Waals surface area contributed by atoms with Gasteiger partial charge in [-0.05, 0) is 12.5 Å². The van der Waals surface area contributed by atoms with Gasteiger partial charge in [0, 0.05) is 30.2 Å². The van der Waals surface area contributed by atoms with Gasteiger partial charge >= 0.3 is 0 Å². The van der Waals surface area contributed by atoms with Crippen LogP contribution in [0.1, 0.15) is 11.1 Å². The minimum Gasteiger partial charge on any atom is -0.507 e. The lowest BCUT2D eigenvalue weighted by molar-refractivity contribution is 0.461. The van der Waals surface area contributed by atoms with E-state index < -0.39 is 0 Å². The average Bonchev–Trinajstić information content (AvgIpc) is 2.29. The summed E-state index contributed by atoms with van der Waals surface area (Å²) in [6, 6.07) is 5.84. The van der Waals surface area contributed by atoms with Crippen molar-refractivity contribution < 1.29 is 5.11 Å². The summed E-state index contributed by atoms with van der Waals surface area (Å²) in [5.41, 5.74) is 1.90. The average molecular weight is 237 g/mol. The van der Waals surface area contributed by atoms with Gasteiger partial charge in [0.25, 0.3) is 0 Å². The van der Waals surface area contributed by atoms with Gasteiger partial charge in [-0.15, -0.1) is 6.58 Å². The molecule has 1 aromatic rings. The number of para-hydroxylation sites is 1. The van der Waals surface area contributed by atoms with E-state index in [1.165, 1.54) is 0 Å². The van der Waals surface area contributed by atoms with Gasteiger partial charge < -0.3 is 10.4 Å². The summed E-state index contributed by atoms with van der Waals surface area (Å²) < 4.78 is 0. The molecule has 3 heteroatoms. The van der Waals surface area contributed by atoms with Crippen molar-refractivity contribution in [2.75, 3.05) is 18.1 Å². The van der Waals surface area contributed by atoms with Crippen molar-refractivity contribution in [3.05, 3.63) is 42.0 Å². The summed E-state index contributed by atoms with van der Waals surface area (Å²) in [5, 5.41) is 13.1. The Hall–Kier alpha value is -0.930. The molecule has 0 aliphatic heterocycles. The summed E-state index contributed by atoms with van der Waals surface area (Å²) in [6.45, 7) is 7.26. The van der Waals surface area contributed by atoms with Crippen molar-refractivity contribution in [3.63, 3.8) is 0 Å². The highest BCUT2D eigenvalue weighted by Crippen LogP contribution is 2.20. The monoisotopic (exact) mass is 237 g/mol. The predicted molar refractivity (Wildman–Crippen MR) is 72.1 cm³/mol. The first-order valence-corrected chi connectivity index (χ1v) is 6.58. The minimum atomic E-state index is 0.411. The molecule has 16 heavy (non-hydrogen) atoms. The molecule has 0 spiro atoms. The number of rotatable bonds is 7. The fraction of sp³-hybridized carbons (Fsp3) is 0.385. The van der Waals surface area contributed by atoms with E-state index in [1.807, 2.05) is 43.0 Å². The number of aromatic hydroxyl groups is 1. The zero-order chi connectivity index (χ0) is 11.8. The van der Waals surface area contributed by atoms with E-state index in [2.05, 4.69) is 11.9 Å². The van der Waals surface area contributed by atoms with Crippen molar-refractivity contribution in [2.45, 2.75) is 13.5 Å². The normalized spacial score (nSPS) is 10.3. The summed E-state index contributed by atoms with van der Waals surface area (Å²) >= 11 is 1.85. The molecule has 0 aromatic heterocycles. The Labute approximate surface area is 102 Å². The van der Waals surface area contributed by atoms with E-state index in [0.29, 0.717) is 5.75 Å². The van der Waals surface area contributed by atoms with E-state index in [-0.39, 0.29) is 0 Å². The van der Waals surface area contributed by atoms with Gasteiger partial charge in [0.1, 0.15) is 5.75 Å². The third-order valence-electron chi connectivity index (χ3n) is 2.30. The highest BCUT2D eigenvalue weighted by Gasteiger charge is 2.02. The third kappa shape index (κ3) is 4.29. The Bertz CT molecular complexity index is 339. The summed E-state index contributed by atoms with van der Waals surface area (Å²) in [4.78, 5) is 0. The number of phenolic OH excluding ortho intramolecular Hbond substituents is 1. The van der Waals surface area contributed by atoms with Crippen molar-refractivity contribution in [2.24, 2.45) is 0 Å². The molecule has 0 bridgehead atoms. The second-order valence-corrected chi connectivity index (χ2v) is 4.77. The Kier molecular flexibility index (Phi) is 6.04. The Balaban J connectivity index is 2.26. The lowest BCUT2D eigenvalue weighted by Crippen LogP contribution is -2.16. The number of hydrogen-bond acceptors (Lipinski definition) is 3. The Morgan fingerprint density at radius 2 is 2.31 bits per heavy atom. The molecule has 2 N–H and O–H groups in total. The van der Waals surface area contributed by atoms with E-state index in [1.54, 1.807) is 0 Å². The number of aryl methyl sites for hydroxylation is 1. The van der Waals surface area contributed by atoms with Crippen LogP contribution in [0.25, 0.3) is 0 Å². The van der Waals surface area contributed by atoms with Gasteiger partial charge in [-0.3, -0.25) is 0 Å². The first-order valence-electron chi connectivity index (χ1n) is 5.42. The van der Waals surface area contributed by atoms with Crippen LogP contribution < -0.4 is 5.32 Å². The first kappa shape index (κ1) is 13.1. The molecule has 0 saturated carbocycles. The molecule has 2 nitrogen and oxygen atoms in total. The largest absolute Gasteiger partial charge is 0.507 e. The van der Waals surface area contributed by atoms with Gasteiger partial charge in [0.2, 0.25) is 0 Å². The molecule has 0 aliphatic carbocycles. The number of benzene rings is 1. The van der Waals surface area contributed by atoms with E-state index >= 15 is 0 Å². The van der Waals surface area contributed by atoms with Crippen LogP contribution in [-0.4, -0.2) is 23.2 Å². The highest BCUT2D eigenvalue weighted by molar-refractivity contribution is 7.99. The van der Waals surface area contributed by atoms with Crippen LogP contribution in [0.3, 0.4) is 0 Å². The zero-order valence-corrected chi connectivity index (χ0v) is 10.5. The maximum atomic E-state index is 9.78. The van der Waals surface area contributed by atoms with E-state index in [0.717, 1.165) is 35.7 Å². The van der Waals surface area contributed by atoms with Gasteiger partial charge in [-0.2, -0.15) is 11.8 Å². The second-order valence-electron chi connectivity index (χ2n) is 3.62. The molecular formula is C13H19NOS. The predicted octanol–water partition coefficient (Wildman–Crippen LogP) is 2.71. The summed E-state index contributed by atoms with van der Waals surface area (Å²) in [6.07, 6.45) is 1.91. The number of nitrogens with one attached hydrogen (secondary N) is 1. The van der Waals surface area contributed by atoms with Crippen molar-refractivity contribution >= 4 is 11.8 Å². The number of thioether (sulfide) groups is 1. The molecule has 1 aromatic carbocycles. The minimum absolute atomic E-state index is 0.411. The number of hydrogen-bond donors (Lipinski definition) is 2. The molecule has 0 fully saturated rings. The quantitative estimate of drug-likeness (QED) is 0.565. The van der Waals surface area contributed by atoms with Crippen LogP contribution in [-0.2, 0) is 6.54 Å². The topological polar surface area (TPSA) is 32.3 Å². The molecule has 0 atom stereocenters. The molecule has 88 valence electrons. The molecule has 0 radical (unpaired) electrons. The fourth-order valence-corrected chi connectivity index (χ4v) is 2.02. The van der Waals surface area contributed by atoms with Crippen molar-refractivity contribution in [1.29, 1.82) is 0 Å². The standard InChI is InChI=1S/C13H19NOS/c1-3-8-16-9-7-14-10-12-6-4-5-11(2)13(12)15/h3-6,14-15H,1,7-10H2,2H3. The van der Waals surface area contributed by atoms with Gasteiger partial charge in [-0.25, -0.2) is 0 Å². The Morgan fingerprint density at radius 1 is 1.50 bits per heavy atom. The zero-order valence-electron chi connectivity index (χ0n) is 9.70. The smallest absolute Gasteiger partial charge is 0.122 e. The van der Waals surface area contributed by atoms with Crippen molar-refractivity contribution in [3.8, 4) is 5.75 Å². The van der Waals surface area contributed by atoms with Crippen LogP contribution >= 0.6 is 11.8 Å². The first-order chi connectivity index (χ1) is 7.75. The lowest BCUT2D eigenvalue weighted by Gasteiger charge is -2.08.